The average Bonchev–Trinajstić information content (AvgIpc) is 2.41. The second-order valence-electron chi connectivity index (χ2n) is 5.40. The lowest BCUT2D eigenvalue weighted by atomic mass is 9.82. The molecule has 0 unspecified atom stereocenters. The van der Waals surface area contributed by atoms with Crippen molar-refractivity contribution in [1.29, 1.82) is 0 Å². The van der Waals surface area contributed by atoms with Crippen LogP contribution in [0.15, 0.2) is 28.7 Å². The van der Waals surface area contributed by atoms with Gasteiger partial charge in [0.1, 0.15) is 12.4 Å². The highest BCUT2D eigenvalue weighted by molar-refractivity contribution is 9.10. The predicted octanol–water partition coefficient (Wildman–Crippen LogP) is 3.23. The Morgan fingerprint density at radius 1 is 1.26 bits per heavy atom. The lowest BCUT2D eigenvalue weighted by molar-refractivity contribution is 0.0239. The van der Waals surface area contributed by atoms with Crippen LogP contribution in [0.5, 0.6) is 5.75 Å². The normalized spacial score (nSPS) is 18.2. The van der Waals surface area contributed by atoms with Crippen LogP contribution < -0.4 is 10.1 Å². The van der Waals surface area contributed by atoms with Crippen LogP contribution in [0, 0.1) is 5.41 Å². The van der Waals surface area contributed by atoms with Crippen LogP contribution in [0.2, 0.25) is 0 Å². The van der Waals surface area contributed by atoms with Crippen molar-refractivity contribution in [3.63, 3.8) is 0 Å². The van der Waals surface area contributed by atoms with E-state index in [1.54, 1.807) is 0 Å². The quantitative estimate of drug-likeness (QED) is 0.814. The maximum atomic E-state index is 5.68. The summed E-state index contributed by atoms with van der Waals surface area (Å²) in [6.07, 6.45) is 2.29. The highest BCUT2D eigenvalue weighted by atomic mass is 79.9. The summed E-state index contributed by atoms with van der Waals surface area (Å²) < 4.78 is 12.2. The van der Waals surface area contributed by atoms with E-state index in [0.29, 0.717) is 12.0 Å². The van der Waals surface area contributed by atoms with Crippen LogP contribution in [-0.2, 0) is 4.74 Å². The topological polar surface area (TPSA) is 30.5 Å². The van der Waals surface area contributed by atoms with Gasteiger partial charge in [-0.05, 0) is 42.5 Å². The highest BCUT2D eigenvalue weighted by Crippen LogP contribution is 2.28. The first-order chi connectivity index (χ1) is 9.18. The summed E-state index contributed by atoms with van der Waals surface area (Å²) in [7, 11) is 0. The summed E-state index contributed by atoms with van der Waals surface area (Å²) in [6.45, 7) is 6.75. The SMILES string of the molecule is CC1(CNCCOc2ccc(Br)cc2)CCOCC1. The zero-order chi connectivity index (χ0) is 13.6. The Morgan fingerprint density at radius 3 is 2.63 bits per heavy atom. The average molecular weight is 328 g/mol. The van der Waals surface area contributed by atoms with Crippen LogP contribution in [0.25, 0.3) is 0 Å². The molecule has 1 aromatic carbocycles. The van der Waals surface area contributed by atoms with Crippen molar-refractivity contribution in [2.75, 3.05) is 32.9 Å². The Morgan fingerprint density at radius 2 is 1.95 bits per heavy atom. The van der Waals surface area contributed by atoms with Gasteiger partial charge in [-0.2, -0.15) is 0 Å². The van der Waals surface area contributed by atoms with Gasteiger partial charge in [0.05, 0.1) is 0 Å². The summed E-state index contributed by atoms with van der Waals surface area (Å²) in [5, 5.41) is 3.49. The monoisotopic (exact) mass is 327 g/mol. The minimum Gasteiger partial charge on any atom is -0.492 e. The molecule has 1 aliphatic heterocycles. The van der Waals surface area contributed by atoms with Gasteiger partial charge in [-0.1, -0.05) is 22.9 Å². The molecule has 1 N–H and O–H groups in total. The van der Waals surface area contributed by atoms with E-state index in [4.69, 9.17) is 9.47 Å². The van der Waals surface area contributed by atoms with Crippen LogP contribution in [-0.4, -0.2) is 32.9 Å². The van der Waals surface area contributed by atoms with E-state index < -0.39 is 0 Å². The third kappa shape index (κ3) is 5.13. The molecule has 0 spiro atoms. The van der Waals surface area contributed by atoms with Crippen LogP contribution in [0.3, 0.4) is 0 Å². The molecule has 0 atom stereocenters. The van der Waals surface area contributed by atoms with E-state index in [2.05, 4.69) is 28.2 Å². The molecule has 0 bridgehead atoms. The largest absolute Gasteiger partial charge is 0.492 e. The molecule has 1 aromatic rings. The summed E-state index contributed by atoms with van der Waals surface area (Å²) in [5.41, 5.74) is 0.385. The first-order valence-corrected chi connectivity index (χ1v) is 7.64. The molecule has 0 aliphatic carbocycles. The minimum absolute atomic E-state index is 0.385. The Bertz CT molecular complexity index is 374. The van der Waals surface area contributed by atoms with Crippen molar-refractivity contribution in [3.8, 4) is 5.75 Å². The molecule has 3 nitrogen and oxygen atoms in total. The van der Waals surface area contributed by atoms with E-state index in [-0.39, 0.29) is 0 Å². The molecule has 4 heteroatoms. The predicted molar refractivity (Wildman–Crippen MR) is 80.7 cm³/mol. The van der Waals surface area contributed by atoms with E-state index in [1.165, 1.54) is 0 Å². The Balaban J connectivity index is 1.60. The fourth-order valence-electron chi connectivity index (χ4n) is 2.20. The molecule has 0 aromatic heterocycles. The summed E-state index contributed by atoms with van der Waals surface area (Å²) >= 11 is 3.41. The van der Waals surface area contributed by atoms with E-state index >= 15 is 0 Å². The molecule has 106 valence electrons. The molecular formula is C15H22BrNO2. The zero-order valence-electron chi connectivity index (χ0n) is 11.5. The molecule has 1 aliphatic rings. The van der Waals surface area contributed by atoms with Crippen molar-refractivity contribution in [3.05, 3.63) is 28.7 Å². The molecule has 1 heterocycles. The van der Waals surface area contributed by atoms with E-state index in [1.807, 2.05) is 24.3 Å². The van der Waals surface area contributed by atoms with Gasteiger partial charge in [0.2, 0.25) is 0 Å². The van der Waals surface area contributed by atoms with Gasteiger partial charge in [-0.25, -0.2) is 0 Å². The first-order valence-electron chi connectivity index (χ1n) is 6.85. The molecular weight excluding hydrogens is 306 g/mol. The van der Waals surface area contributed by atoms with Crippen LogP contribution in [0.4, 0.5) is 0 Å². The van der Waals surface area contributed by atoms with Crippen molar-refractivity contribution < 1.29 is 9.47 Å². The standard InChI is InChI=1S/C15H22BrNO2/c1-15(6-9-18-10-7-15)12-17-8-11-19-14-4-2-13(16)3-5-14/h2-5,17H,6-12H2,1H3. The Labute approximate surface area is 123 Å². The van der Waals surface area contributed by atoms with Gasteiger partial charge in [0, 0.05) is 30.8 Å². The second kappa shape index (κ2) is 7.27. The third-order valence-corrected chi connectivity index (χ3v) is 4.14. The number of benzene rings is 1. The minimum atomic E-state index is 0.385. The lowest BCUT2D eigenvalue weighted by Crippen LogP contribution is -2.38. The summed E-state index contributed by atoms with van der Waals surface area (Å²) in [4.78, 5) is 0. The molecule has 0 saturated carbocycles. The maximum absolute atomic E-state index is 5.68. The number of halogens is 1. The molecule has 0 amide bonds. The highest BCUT2D eigenvalue weighted by Gasteiger charge is 2.26. The van der Waals surface area contributed by atoms with Gasteiger partial charge in [0.15, 0.2) is 0 Å². The first kappa shape index (κ1) is 14.8. The number of rotatable bonds is 6. The smallest absolute Gasteiger partial charge is 0.119 e. The number of hydrogen-bond acceptors (Lipinski definition) is 3. The Kier molecular flexibility index (Phi) is 5.67. The van der Waals surface area contributed by atoms with Crippen LogP contribution >= 0.6 is 15.9 Å². The van der Waals surface area contributed by atoms with Gasteiger partial charge in [-0.15, -0.1) is 0 Å². The maximum Gasteiger partial charge on any atom is 0.119 e. The van der Waals surface area contributed by atoms with Gasteiger partial charge in [-0.3, -0.25) is 0 Å². The van der Waals surface area contributed by atoms with Gasteiger partial charge >= 0.3 is 0 Å². The zero-order valence-corrected chi connectivity index (χ0v) is 13.0. The summed E-state index contributed by atoms with van der Waals surface area (Å²) in [5.74, 6) is 0.919. The lowest BCUT2D eigenvalue weighted by Gasteiger charge is -2.33. The van der Waals surface area contributed by atoms with Crippen molar-refractivity contribution in [2.24, 2.45) is 5.41 Å². The van der Waals surface area contributed by atoms with E-state index in [9.17, 15) is 0 Å². The molecule has 1 saturated heterocycles. The fraction of sp³-hybridized carbons (Fsp3) is 0.600. The number of nitrogens with one attached hydrogen (secondary N) is 1. The molecule has 0 radical (unpaired) electrons. The van der Waals surface area contributed by atoms with Crippen molar-refractivity contribution in [1.82, 2.24) is 5.32 Å². The molecule has 19 heavy (non-hydrogen) atoms. The third-order valence-electron chi connectivity index (χ3n) is 3.61. The Hall–Kier alpha value is -0.580. The fourth-order valence-corrected chi connectivity index (χ4v) is 2.47. The van der Waals surface area contributed by atoms with E-state index in [0.717, 1.165) is 49.4 Å². The number of ether oxygens (including phenoxy) is 2. The van der Waals surface area contributed by atoms with Gasteiger partial charge in [0.25, 0.3) is 0 Å². The van der Waals surface area contributed by atoms with Crippen molar-refractivity contribution in [2.45, 2.75) is 19.8 Å². The van der Waals surface area contributed by atoms with Crippen molar-refractivity contribution >= 4 is 15.9 Å². The van der Waals surface area contributed by atoms with Gasteiger partial charge < -0.3 is 14.8 Å². The summed E-state index contributed by atoms with van der Waals surface area (Å²) in [6, 6.07) is 7.94. The number of hydrogen-bond donors (Lipinski definition) is 1. The second-order valence-corrected chi connectivity index (χ2v) is 6.32. The van der Waals surface area contributed by atoms with Crippen LogP contribution in [0.1, 0.15) is 19.8 Å². The molecule has 2 rings (SSSR count). The molecule has 1 fully saturated rings.